The van der Waals surface area contributed by atoms with Crippen LogP contribution < -0.4 is 0 Å². The van der Waals surface area contributed by atoms with E-state index < -0.39 is 8.07 Å². The average molecular weight is 357 g/mol. The summed E-state index contributed by atoms with van der Waals surface area (Å²) in [7, 11) is 5.84. The van der Waals surface area contributed by atoms with Gasteiger partial charge >= 0.3 is 0 Å². The van der Waals surface area contributed by atoms with E-state index in [0.29, 0.717) is 5.78 Å². The fourth-order valence-corrected chi connectivity index (χ4v) is 4.38. The van der Waals surface area contributed by atoms with Gasteiger partial charge in [-0.3, -0.25) is 4.79 Å². The SMILES string of the molecule is C[N+](C)(C)CCCCC(=O)CCCCCCCCCC[Si](C)(C)C. The number of rotatable bonds is 16. The summed E-state index contributed by atoms with van der Waals surface area (Å²) in [4.78, 5) is 11.9. The van der Waals surface area contributed by atoms with E-state index in [-0.39, 0.29) is 0 Å². The molecule has 0 aliphatic rings. The number of hydrogen-bond donors (Lipinski definition) is 0. The van der Waals surface area contributed by atoms with Crippen molar-refractivity contribution in [2.75, 3.05) is 27.7 Å². The lowest BCUT2D eigenvalue weighted by Gasteiger charge is -2.23. The van der Waals surface area contributed by atoms with E-state index >= 15 is 0 Å². The number of nitrogens with zero attached hydrogens (tertiary/aromatic N) is 1. The standard InChI is InChI=1S/C21H46NOSi/c1-22(2,3)19-15-14-18-21(23)17-13-11-9-7-8-10-12-16-20-24(4,5)6/h7-20H2,1-6H3/q+1. The molecule has 0 aromatic carbocycles. The van der Waals surface area contributed by atoms with Crippen LogP contribution in [0.4, 0.5) is 0 Å². The lowest BCUT2D eigenvalue weighted by Crippen LogP contribution is -2.35. The Hall–Kier alpha value is -0.153. The average Bonchev–Trinajstić information content (AvgIpc) is 2.43. The first-order chi connectivity index (χ1) is 11.1. The van der Waals surface area contributed by atoms with Crippen LogP contribution in [0.2, 0.25) is 25.7 Å². The number of Topliss-reactive ketones (excluding diaryl/α,β-unsaturated/α-hetero) is 1. The first-order valence-electron chi connectivity index (χ1n) is 10.4. The number of hydrogen-bond acceptors (Lipinski definition) is 1. The second-order valence-corrected chi connectivity index (χ2v) is 15.5. The third-order valence-electron chi connectivity index (χ3n) is 4.67. The Balaban J connectivity index is 3.28. The molecule has 0 heterocycles. The molecule has 0 rings (SSSR count). The molecule has 0 aliphatic carbocycles. The molecular formula is C21H46NOSi+. The highest BCUT2D eigenvalue weighted by Gasteiger charge is 2.11. The van der Waals surface area contributed by atoms with Crippen LogP contribution in [0, 0.1) is 0 Å². The van der Waals surface area contributed by atoms with Crippen molar-refractivity contribution in [1.82, 2.24) is 0 Å². The maximum Gasteiger partial charge on any atom is 0.132 e. The highest BCUT2D eigenvalue weighted by atomic mass is 28.3. The van der Waals surface area contributed by atoms with Gasteiger partial charge in [-0.25, -0.2) is 0 Å². The number of quaternary nitrogens is 1. The van der Waals surface area contributed by atoms with Crippen molar-refractivity contribution in [3.05, 3.63) is 0 Å². The Kier molecular flexibility index (Phi) is 13.0. The van der Waals surface area contributed by atoms with Crippen LogP contribution in [0.1, 0.15) is 77.0 Å². The number of carbonyl (C=O) groups is 1. The first-order valence-corrected chi connectivity index (χ1v) is 14.1. The predicted octanol–water partition coefficient (Wildman–Crippen LogP) is 6.28. The minimum atomic E-state index is -0.809. The molecule has 144 valence electrons. The number of carbonyl (C=O) groups excluding carboxylic acids is 1. The van der Waals surface area contributed by atoms with Gasteiger partial charge in [0.1, 0.15) is 5.78 Å². The second kappa shape index (κ2) is 13.1. The monoisotopic (exact) mass is 356 g/mol. The number of unbranched alkanes of at least 4 members (excludes halogenated alkanes) is 8. The van der Waals surface area contributed by atoms with Crippen LogP contribution in [0.3, 0.4) is 0 Å². The maximum absolute atomic E-state index is 11.9. The first kappa shape index (κ1) is 23.8. The molecule has 0 spiro atoms. The van der Waals surface area contributed by atoms with Crippen molar-refractivity contribution < 1.29 is 9.28 Å². The van der Waals surface area contributed by atoms with E-state index in [4.69, 9.17) is 0 Å². The molecule has 0 saturated carbocycles. The van der Waals surface area contributed by atoms with Gasteiger partial charge in [-0.15, -0.1) is 0 Å². The summed E-state index contributed by atoms with van der Waals surface area (Å²) in [6, 6.07) is 1.49. The minimum Gasteiger partial charge on any atom is -0.331 e. The largest absolute Gasteiger partial charge is 0.331 e. The molecule has 0 radical (unpaired) electrons. The van der Waals surface area contributed by atoms with Gasteiger partial charge in [0, 0.05) is 20.9 Å². The van der Waals surface area contributed by atoms with Crippen molar-refractivity contribution in [3.8, 4) is 0 Å². The van der Waals surface area contributed by atoms with Crippen LogP contribution in [0.15, 0.2) is 0 Å². The van der Waals surface area contributed by atoms with E-state index in [1.165, 1.54) is 64.0 Å². The molecule has 0 amide bonds. The van der Waals surface area contributed by atoms with Gasteiger partial charge in [-0.1, -0.05) is 70.6 Å². The zero-order chi connectivity index (χ0) is 18.5. The van der Waals surface area contributed by atoms with Gasteiger partial charge in [0.05, 0.1) is 27.7 Å². The van der Waals surface area contributed by atoms with Crippen molar-refractivity contribution in [3.63, 3.8) is 0 Å². The Morgan fingerprint density at radius 1 is 0.667 bits per heavy atom. The molecule has 0 aromatic rings. The van der Waals surface area contributed by atoms with Gasteiger partial charge in [-0.2, -0.15) is 0 Å². The minimum absolute atomic E-state index is 0.489. The Labute approximate surface area is 154 Å². The van der Waals surface area contributed by atoms with Crippen LogP contribution in [-0.4, -0.2) is 46.0 Å². The molecule has 0 atom stereocenters. The Bertz CT molecular complexity index is 315. The summed E-state index contributed by atoms with van der Waals surface area (Å²) in [5, 5.41) is 0. The van der Waals surface area contributed by atoms with Crippen LogP contribution in [-0.2, 0) is 4.79 Å². The summed E-state index contributed by atoms with van der Waals surface area (Å²) in [6.45, 7) is 8.58. The van der Waals surface area contributed by atoms with Gasteiger partial charge in [0.2, 0.25) is 0 Å². The fraction of sp³-hybridized carbons (Fsp3) is 0.952. The highest BCUT2D eigenvalue weighted by Crippen LogP contribution is 2.16. The second-order valence-electron chi connectivity index (χ2n) is 9.90. The van der Waals surface area contributed by atoms with E-state index in [1.807, 2.05) is 0 Å². The zero-order valence-corrected chi connectivity index (χ0v) is 18.8. The predicted molar refractivity (Wildman–Crippen MR) is 111 cm³/mol. The van der Waals surface area contributed by atoms with Crippen LogP contribution in [0.5, 0.6) is 0 Å². The number of ketones is 1. The lowest BCUT2D eigenvalue weighted by molar-refractivity contribution is -0.870. The third kappa shape index (κ3) is 19.9. The van der Waals surface area contributed by atoms with Crippen molar-refractivity contribution in [2.24, 2.45) is 0 Å². The topological polar surface area (TPSA) is 17.1 Å². The normalized spacial score (nSPS) is 12.6. The molecule has 24 heavy (non-hydrogen) atoms. The van der Waals surface area contributed by atoms with Gasteiger partial charge in [0.15, 0.2) is 0 Å². The Morgan fingerprint density at radius 3 is 1.54 bits per heavy atom. The Morgan fingerprint density at radius 2 is 1.08 bits per heavy atom. The summed E-state index contributed by atoms with van der Waals surface area (Å²) in [6.07, 6.45) is 14.6. The summed E-state index contributed by atoms with van der Waals surface area (Å²) < 4.78 is 1.01. The zero-order valence-electron chi connectivity index (χ0n) is 17.8. The van der Waals surface area contributed by atoms with Crippen molar-refractivity contribution in [2.45, 2.75) is 103 Å². The van der Waals surface area contributed by atoms with Gasteiger partial charge < -0.3 is 4.48 Å². The van der Waals surface area contributed by atoms with E-state index in [1.54, 1.807) is 0 Å². The molecular weight excluding hydrogens is 310 g/mol. The highest BCUT2D eigenvalue weighted by molar-refractivity contribution is 6.76. The summed E-state index contributed by atoms with van der Waals surface area (Å²) >= 11 is 0. The smallest absolute Gasteiger partial charge is 0.132 e. The van der Waals surface area contributed by atoms with Crippen LogP contribution in [0.25, 0.3) is 0 Å². The molecule has 0 fully saturated rings. The molecule has 3 heteroatoms. The van der Waals surface area contributed by atoms with E-state index in [0.717, 1.165) is 30.2 Å². The molecule has 2 nitrogen and oxygen atoms in total. The fourth-order valence-electron chi connectivity index (χ4n) is 3.07. The molecule has 0 aliphatic heterocycles. The molecule has 0 aromatic heterocycles. The molecule has 0 N–H and O–H groups in total. The van der Waals surface area contributed by atoms with Crippen molar-refractivity contribution in [1.29, 1.82) is 0 Å². The van der Waals surface area contributed by atoms with Gasteiger partial charge in [-0.05, 0) is 19.3 Å². The van der Waals surface area contributed by atoms with Crippen LogP contribution >= 0.6 is 0 Å². The lowest BCUT2D eigenvalue weighted by atomic mass is 10.0. The van der Waals surface area contributed by atoms with Crippen molar-refractivity contribution >= 4 is 13.9 Å². The summed E-state index contributed by atoms with van der Waals surface area (Å²) in [5.41, 5.74) is 0. The molecule has 0 unspecified atom stereocenters. The molecule has 0 bridgehead atoms. The maximum atomic E-state index is 11.9. The quantitative estimate of drug-likeness (QED) is 0.181. The summed E-state index contributed by atoms with van der Waals surface area (Å²) in [5.74, 6) is 0.489. The van der Waals surface area contributed by atoms with E-state index in [2.05, 4.69) is 40.8 Å². The van der Waals surface area contributed by atoms with Gasteiger partial charge in [0.25, 0.3) is 0 Å². The third-order valence-corrected chi connectivity index (χ3v) is 6.52. The molecule has 0 saturated heterocycles. The van der Waals surface area contributed by atoms with E-state index in [9.17, 15) is 4.79 Å².